The number of carbonyl (C=O) groups excluding carboxylic acids is 2. The number of carbonyl (C=O) groups is 2. The van der Waals surface area contributed by atoms with E-state index < -0.39 is 6.04 Å². The zero-order valence-electron chi connectivity index (χ0n) is 21.9. The highest BCUT2D eigenvalue weighted by Gasteiger charge is 2.36. The second-order valence-corrected chi connectivity index (χ2v) is 9.79. The van der Waals surface area contributed by atoms with E-state index in [1.165, 1.54) is 89.9 Å². The first kappa shape index (κ1) is 29.8. The second-order valence-electron chi connectivity index (χ2n) is 9.79. The number of nitrogens with zero attached hydrogens (tertiary/aromatic N) is 1. The molecule has 1 amide bonds. The maximum Gasteiger partial charge on any atom is 0.410 e. The molecule has 0 aromatic heterocycles. The fraction of sp³-hybridized carbons (Fsp3) is 0.929. The molecule has 1 heterocycles. The van der Waals surface area contributed by atoms with Gasteiger partial charge in [-0.3, -0.25) is 4.90 Å². The highest BCUT2D eigenvalue weighted by atomic mass is 16.6. The Balaban J connectivity index is 1.90. The lowest BCUT2D eigenvalue weighted by molar-refractivity contribution is -0.148. The zero-order chi connectivity index (χ0) is 24.0. The molecule has 5 nitrogen and oxygen atoms in total. The van der Waals surface area contributed by atoms with Crippen LogP contribution in [0.3, 0.4) is 0 Å². The molecule has 0 unspecified atom stereocenters. The SMILES string of the molecule is CCCCCCCCCCCCCCCCCCOC(=O)[C@@H]1CCCN1C(=O)OCCCC. The summed E-state index contributed by atoms with van der Waals surface area (Å²) >= 11 is 0. The molecule has 33 heavy (non-hydrogen) atoms. The van der Waals surface area contributed by atoms with Gasteiger partial charge in [0.2, 0.25) is 0 Å². The minimum atomic E-state index is -0.458. The fourth-order valence-corrected chi connectivity index (χ4v) is 4.54. The van der Waals surface area contributed by atoms with Crippen molar-refractivity contribution in [2.75, 3.05) is 19.8 Å². The highest BCUT2D eigenvalue weighted by molar-refractivity contribution is 5.82. The van der Waals surface area contributed by atoms with Crippen LogP contribution in [-0.4, -0.2) is 42.8 Å². The van der Waals surface area contributed by atoms with Crippen molar-refractivity contribution in [1.29, 1.82) is 0 Å². The Kier molecular flexibility index (Phi) is 19.2. The van der Waals surface area contributed by atoms with Crippen LogP contribution < -0.4 is 0 Å². The third kappa shape index (κ3) is 15.3. The van der Waals surface area contributed by atoms with E-state index in [2.05, 4.69) is 13.8 Å². The third-order valence-corrected chi connectivity index (χ3v) is 6.73. The topological polar surface area (TPSA) is 55.8 Å². The van der Waals surface area contributed by atoms with Crippen molar-refractivity contribution < 1.29 is 19.1 Å². The Morgan fingerprint density at radius 2 is 1.09 bits per heavy atom. The van der Waals surface area contributed by atoms with Gasteiger partial charge in [-0.05, 0) is 25.7 Å². The average molecular weight is 468 g/mol. The van der Waals surface area contributed by atoms with Crippen LogP contribution >= 0.6 is 0 Å². The molecule has 1 saturated heterocycles. The van der Waals surface area contributed by atoms with Crippen molar-refractivity contribution in [1.82, 2.24) is 4.90 Å². The molecule has 0 saturated carbocycles. The first-order valence-corrected chi connectivity index (χ1v) is 14.3. The van der Waals surface area contributed by atoms with Crippen LogP contribution in [0.5, 0.6) is 0 Å². The summed E-state index contributed by atoms with van der Waals surface area (Å²) in [7, 11) is 0. The van der Waals surface area contributed by atoms with Gasteiger partial charge in [-0.1, -0.05) is 117 Å². The lowest BCUT2D eigenvalue weighted by Gasteiger charge is -2.22. The van der Waals surface area contributed by atoms with Gasteiger partial charge in [-0.25, -0.2) is 9.59 Å². The van der Waals surface area contributed by atoms with Crippen LogP contribution in [0.25, 0.3) is 0 Å². The molecule has 1 fully saturated rings. The lowest BCUT2D eigenvalue weighted by Crippen LogP contribution is -2.41. The number of hydrogen-bond donors (Lipinski definition) is 0. The number of likely N-dealkylation sites (tertiary alicyclic amines) is 1. The monoisotopic (exact) mass is 467 g/mol. The van der Waals surface area contributed by atoms with Crippen molar-refractivity contribution in [3.63, 3.8) is 0 Å². The molecule has 0 aliphatic carbocycles. The Bertz CT molecular complexity index is 483. The number of esters is 1. The first-order chi connectivity index (χ1) is 16.2. The van der Waals surface area contributed by atoms with Gasteiger partial charge in [-0.2, -0.15) is 0 Å². The summed E-state index contributed by atoms with van der Waals surface area (Å²) in [6.45, 7) is 5.81. The lowest BCUT2D eigenvalue weighted by atomic mass is 10.0. The standard InChI is InChI=1S/C28H53NO4/c1-3-5-7-8-9-10-11-12-13-14-15-16-17-18-19-20-25-32-27(30)26-22-21-23-29(26)28(31)33-24-6-4-2/h26H,3-25H2,1-2H3/t26-/m0/s1. The predicted octanol–water partition coefficient (Wildman–Crippen LogP) is 8.19. The molecule has 5 heteroatoms. The second kappa shape index (κ2) is 21.3. The molecule has 0 N–H and O–H groups in total. The zero-order valence-corrected chi connectivity index (χ0v) is 21.9. The molecular weight excluding hydrogens is 414 g/mol. The van der Waals surface area contributed by atoms with Gasteiger partial charge in [0.1, 0.15) is 6.04 Å². The van der Waals surface area contributed by atoms with E-state index in [9.17, 15) is 9.59 Å². The molecule has 0 aromatic carbocycles. The fourth-order valence-electron chi connectivity index (χ4n) is 4.54. The summed E-state index contributed by atoms with van der Waals surface area (Å²) in [6, 6.07) is -0.458. The molecule has 0 spiro atoms. The molecule has 0 radical (unpaired) electrons. The van der Waals surface area contributed by atoms with Crippen LogP contribution in [0.1, 0.15) is 142 Å². The van der Waals surface area contributed by atoms with E-state index in [1.807, 2.05) is 0 Å². The van der Waals surface area contributed by atoms with E-state index in [-0.39, 0.29) is 12.1 Å². The Morgan fingerprint density at radius 1 is 0.636 bits per heavy atom. The molecule has 1 aliphatic heterocycles. The summed E-state index contributed by atoms with van der Waals surface area (Å²) in [4.78, 5) is 26.1. The van der Waals surface area contributed by atoms with Gasteiger partial charge in [0.15, 0.2) is 0 Å². The number of amides is 1. The molecule has 1 atom stereocenters. The van der Waals surface area contributed by atoms with Gasteiger partial charge in [0.25, 0.3) is 0 Å². The summed E-state index contributed by atoms with van der Waals surface area (Å²) in [5.74, 6) is -0.263. The Morgan fingerprint density at radius 3 is 1.61 bits per heavy atom. The van der Waals surface area contributed by atoms with Crippen LogP contribution in [-0.2, 0) is 14.3 Å². The normalized spacial score (nSPS) is 15.7. The highest BCUT2D eigenvalue weighted by Crippen LogP contribution is 2.20. The van der Waals surface area contributed by atoms with Crippen molar-refractivity contribution in [3.05, 3.63) is 0 Å². The van der Waals surface area contributed by atoms with Crippen molar-refractivity contribution in [2.24, 2.45) is 0 Å². The van der Waals surface area contributed by atoms with E-state index in [0.717, 1.165) is 32.1 Å². The van der Waals surface area contributed by atoms with E-state index in [0.29, 0.717) is 26.2 Å². The maximum absolute atomic E-state index is 12.4. The minimum absolute atomic E-state index is 0.263. The molecule has 1 rings (SSSR count). The quantitative estimate of drug-likeness (QED) is 0.126. The summed E-state index contributed by atoms with van der Waals surface area (Å²) in [6.07, 6.45) is 24.3. The van der Waals surface area contributed by atoms with Crippen molar-refractivity contribution in [2.45, 2.75) is 148 Å². The molecule has 0 aromatic rings. The van der Waals surface area contributed by atoms with E-state index in [1.54, 1.807) is 4.90 Å². The number of rotatable bonds is 21. The van der Waals surface area contributed by atoms with Crippen LogP contribution in [0.2, 0.25) is 0 Å². The summed E-state index contributed by atoms with van der Waals surface area (Å²) in [5, 5.41) is 0. The van der Waals surface area contributed by atoms with Crippen molar-refractivity contribution >= 4 is 12.1 Å². The van der Waals surface area contributed by atoms with Crippen molar-refractivity contribution in [3.8, 4) is 0 Å². The predicted molar refractivity (Wildman–Crippen MR) is 136 cm³/mol. The molecule has 1 aliphatic rings. The number of ether oxygens (including phenoxy) is 2. The smallest absolute Gasteiger partial charge is 0.410 e. The summed E-state index contributed by atoms with van der Waals surface area (Å²) in [5.41, 5.74) is 0. The van der Waals surface area contributed by atoms with Crippen LogP contribution in [0, 0.1) is 0 Å². The third-order valence-electron chi connectivity index (χ3n) is 6.73. The van der Waals surface area contributed by atoms with Gasteiger partial charge < -0.3 is 9.47 Å². The number of unbranched alkanes of at least 4 members (excludes halogenated alkanes) is 16. The van der Waals surface area contributed by atoms with Crippen LogP contribution in [0.15, 0.2) is 0 Å². The van der Waals surface area contributed by atoms with Crippen LogP contribution in [0.4, 0.5) is 4.79 Å². The van der Waals surface area contributed by atoms with Gasteiger partial charge in [0.05, 0.1) is 13.2 Å². The average Bonchev–Trinajstić information content (AvgIpc) is 3.31. The molecular formula is C28H53NO4. The molecule has 194 valence electrons. The van der Waals surface area contributed by atoms with E-state index in [4.69, 9.17) is 9.47 Å². The number of hydrogen-bond acceptors (Lipinski definition) is 4. The Labute approximate surface area is 204 Å². The van der Waals surface area contributed by atoms with E-state index >= 15 is 0 Å². The van der Waals surface area contributed by atoms with Gasteiger partial charge in [-0.15, -0.1) is 0 Å². The molecule has 0 bridgehead atoms. The largest absolute Gasteiger partial charge is 0.464 e. The maximum atomic E-state index is 12.4. The first-order valence-electron chi connectivity index (χ1n) is 14.3. The minimum Gasteiger partial charge on any atom is -0.464 e. The Hall–Kier alpha value is -1.26. The van der Waals surface area contributed by atoms with Gasteiger partial charge in [0, 0.05) is 6.54 Å². The van der Waals surface area contributed by atoms with Gasteiger partial charge >= 0.3 is 12.1 Å². The summed E-state index contributed by atoms with van der Waals surface area (Å²) < 4.78 is 10.7.